The quantitative estimate of drug-likeness (QED) is 0.399. The summed E-state index contributed by atoms with van der Waals surface area (Å²) in [5.74, 6) is -1.11. The van der Waals surface area contributed by atoms with Crippen LogP contribution in [-0.2, 0) is 19.1 Å². The van der Waals surface area contributed by atoms with Crippen LogP contribution in [0.3, 0.4) is 0 Å². The van der Waals surface area contributed by atoms with Crippen molar-refractivity contribution in [2.45, 2.75) is 13.3 Å². The molecule has 10 heteroatoms. The minimum Gasteiger partial charge on any atom is -0.465 e. The molecule has 0 bridgehead atoms. The van der Waals surface area contributed by atoms with Gasteiger partial charge in [0.25, 0.3) is 0 Å². The fraction of sp³-hybridized carbons (Fsp3) is 0.579. The average molecular weight is 410 g/mol. The number of aliphatic imine (C=N–C) groups is 2. The summed E-state index contributed by atoms with van der Waals surface area (Å²) in [6.07, 6.45) is 6.25. The van der Waals surface area contributed by atoms with Crippen molar-refractivity contribution in [3.05, 3.63) is 23.5 Å². The third-order valence-corrected chi connectivity index (χ3v) is 4.33. The van der Waals surface area contributed by atoms with Gasteiger partial charge in [0.1, 0.15) is 6.61 Å². The molecule has 0 aromatic carbocycles. The minimum absolute atomic E-state index is 0.104. The van der Waals surface area contributed by atoms with Crippen LogP contribution in [0.2, 0.25) is 0 Å². The van der Waals surface area contributed by atoms with Gasteiger partial charge < -0.3 is 30.3 Å². The Labute approximate surface area is 170 Å². The molecule has 4 N–H and O–H groups in total. The summed E-state index contributed by atoms with van der Waals surface area (Å²) in [7, 11) is 1.30. The Bertz CT molecular complexity index is 645. The molecule has 162 valence electrons. The second-order valence-corrected chi connectivity index (χ2v) is 6.42. The standard InChI is InChI=1S/C19H30N4O6/c1-3-19(12-24,13-25)14-29-18(27)16-10-22-6-4-20-8-15(17(26)28-2)9-21-5-7-23-11-16/h8-11,20,23-25H,3-7,12-14H2,1-2H3/b15-8?,16-11+,21-9?,22-10?. The second kappa shape index (κ2) is 13.5. The highest BCUT2D eigenvalue weighted by Gasteiger charge is 2.29. The Morgan fingerprint density at radius 1 is 1.03 bits per heavy atom. The topological polar surface area (TPSA) is 142 Å². The van der Waals surface area contributed by atoms with Crippen molar-refractivity contribution in [3.63, 3.8) is 0 Å². The highest BCUT2D eigenvalue weighted by Crippen LogP contribution is 2.21. The summed E-state index contributed by atoms with van der Waals surface area (Å²) in [6.45, 7) is 2.67. The lowest BCUT2D eigenvalue weighted by atomic mass is 9.88. The molecule has 0 amide bonds. The van der Waals surface area contributed by atoms with E-state index in [4.69, 9.17) is 9.47 Å². The van der Waals surface area contributed by atoms with Gasteiger partial charge in [0, 0.05) is 37.9 Å². The first-order chi connectivity index (χ1) is 14.0. The molecule has 0 atom stereocenters. The van der Waals surface area contributed by atoms with Gasteiger partial charge in [-0.2, -0.15) is 0 Å². The van der Waals surface area contributed by atoms with Crippen LogP contribution < -0.4 is 10.6 Å². The van der Waals surface area contributed by atoms with Crippen LogP contribution in [0.1, 0.15) is 13.3 Å². The number of ether oxygens (including phenoxy) is 2. The number of rotatable bonds is 7. The predicted molar refractivity (Wildman–Crippen MR) is 109 cm³/mol. The highest BCUT2D eigenvalue weighted by atomic mass is 16.5. The lowest BCUT2D eigenvalue weighted by Crippen LogP contribution is -2.35. The third-order valence-electron chi connectivity index (χ3n) is 4.33. The lowest BCUT2D eigenvalue weighted by Gasteiger charge is -2.27. The van der Waals surface area contributed by atoms with Crippen LogP contribution >= 0.6 is 0 Å². The number of hydrogen-bond donors (Lipinski definition) is 4. The van der Waals surface area contributed by atoms with Crippen LogP contribution in [0.25, 0.3) is 0 Å². The zero-order valence-electron chi connectivity index (χ0n) is 16.9. The summed E-state index contributed by atoms with van der Waals surface area (Å²) in [5, 5.41) is 24.8. The third kappa shape index (κ3) is 8.44. The Morgan fingerprint density at radius 3 is 2.00 bits per heavy atom. The highest BCUT2D eigenvalue weighted by molar-refractivity contribution is 6.09. The SMILES string of the molecule is CCC(CO)(CO)COC(=O)/C1=C/NCCN=CC(C(=O)OC)=CNCCN=C1. The van der Waals surface area contributed by atoms with Gasteiger partial charge in [0.15, 0.2) is 0 Å². The monoisotopic (exact) mass is 410 g/mol. The molecule has 0 aliphatic carbocycles. The van der Waals surface area contributed by atoms with Crippen molar-refractivity contribution >= 4 is 24.4 Å². The van der Waals surface area contributed by atoms with Crippen molar-refractivity contribution in [2.75, 3.05) is 53.1 Å². The first kappa shape index (κ1) is 24.3. The lowest BCUT2D eigenvalue weighted by molar-refractivity contribution is -0.144. The Balaban J connectivity index is 2.77. The number of aliphatic hydroxyl groups is 2. The van der Waals surface area contributed by atoms with Gasteiger partial charge in [0.05, 0.1) is 50.0 Å². The molecule has 0 spiro atoms. The number of nitrogens with zero attached hydrogens (tertiary/aromatic N) is 2. The summed E-state index contributed by atoms with van der Waals surface area (Å²) in [4.78, 5) is 32.4. The molecule has 1 aliphatic heterocycles. The largest absolute Gasteiger partial charge is 0.465 e. The van der Waals surface area contributed by atoms with E-state index in [1.807, 2.05) is 0 Å². The molecule has 1 heterocycles. The Morgan fingerprint density at radius 2 is 1.55 bits per heavy atom. The Hall–Kier alpha value is -2.72. The molecule has 0 saturated heterocycles. The van der Waals surface area contributed by atoms with Gasteiger partial charge >= 0.3 is 11.9 Å². The van der Waals surface area contributed by atoms with Gasteiger partial charge in [-0.15, -0.1) is 0 Å². The van der Waals surface area contributed by atoms with E-state index in [0.29, 0.717) is 38.2 Å². The molecular weight excluding hydrogens is 380 g/mol. The van der Waals surface area contributed by atoms with E-state index in [0.717, 1.165) is 0 Å². The normalized spacial score (nSPS) is 17.7. The number of aliphatic hydroxyl groups excluding tert-OH is 2. The van der Waals surface area contributed by atoms with E-state index in [2.05, 4.69) is 20.6 Å². The van der Waals surface area contributed by atoms with Crippen molar-refractivity contribution in [3.8, 4) is 0 Å². The van der Waals surface area contributed by atoms with Crippen LogP contribution in [0.4, 0.5) is 0 Å². The van der Waals surface area contributed by atoms with Crippen LogP contribution in [0.5, 0.6) is 0 Å². The molecule has 29 heavy (non-hydrogen) atoms. The fourth-order valence-corrected chi connectivity index (χ4v) is 2.13. The molecule has 10 nitrogen and oxygen atoms in total. The van der Waals surface area contributed by atoms with Crippen molar-refractivity contribution in [2.24, 2.45) is 15.4 Å². The predicted octanol–water partition coefficient (Wildman–Crippen LogP) is -0.814. The Kier molecular flexibility index (Phi) is 11.3. The van der Waals surface area contributed by atoms with Gasteiger partial charge in [-0.3, -0.25) is 9.98 Å². The molecule has 0 aromatic heterocycles. The number of hydrogen-bond acceptors (Lipinski definition) is 10. The van der Waals surface area contributed by atoms with E-state index in [-0.39, 0.29) is 25.4 Å². The molecule has 0 saturated carbocycles. The van der Waals surface area contributed by atoms with Gasteiger partial charge in [-0.1, -0.05) is 6.92 Å². The van der Waals surface area contributed by atoms with Crippen molar-refractivity contribution < 1.29 is 29.3 Å². The van der Waals surface area contributed by atoms with Gasteiger partial charge in [-0.05, 0) is 6.42 Å². The summed E-state index contributed by atoms with van der Waals surface area (Å²) >= 11 is 0. The maximum atomic E-state index is 12.4. The smallest absolute Gasteiger partial charge is 0.341 e. The number of esters is 2. The van der Waals surface area contributed by atoms with Crippen LogP contribution in [0.15, 0.2) is 33.5 Å². The average Bonchev–Trinajstić information content (AvgIpc) is 2.75. The van der Waals surface area contributed by atoms with E-state index in [1.54, 1.807) is 6.92 Å². The summed E-state index contributed by atoms with van der Waals surface area (Å²) < 4.78 is 9.97. The first-order valence-corrected chi connectivity index (χ1v) is 9.36. The fourth-order valence-electron chi connectivity index (χ4n) is 2.13. The van der Waals surface area contributed by atoms with Crippen molar-refractivity contribution in [1.82, 2.24) is 10.6 Å². The number of methoxy groups -OCH3 is 1. The molecule has 0 aromatic rings. The maximum Gasteiger partial charge on any atom is 0.341 e. The van der Waals surface area contributed by atoms with Gasteiger partial charge in [-0.25, -0.2) is 9.59 Å². The summed E-state index contributed by atoms with van der Waals surface area (Å²) in [5.41, 5.74) is -0.372. The number of carbonyl (C=O) groups excluding carboxylic acids is 2. The zero-order chi connectivity index (χ0) is 21.5. The molecule has 0 fully saturated rings. The molecular formula is C19H30N4O6. The summed E-state index contributed by atoms with van der Waals surface area (Å²) in [6, 6.07) is 0. The minimum atomic E-state index is -0.870. The maximum absolute atomic E-state index is 12.4. The van der Waals surface area contributed by atoms with E-state index >= 15 is 0 Å². The van der Waals surface area contributed by atoms with E-state index in [9.17, 15) is 19.8 Å². The van der Waals surface area contributed by atoms with Crippen LogP contribution in [-0.4, -0.2) is 87.7 Å². The van der Waals surface area contributed by atoms with Crippen LogP contribution in [0, 0.1) is 5.41 Å². The molecule has 1 rings (SSSR count). The van der Waals surface area contributed by atoms with Gasteiger partial charge in [0.2, 0.25) is 0 Å². The van der Waals surface area contributed by atoms with E-state index in [1.165, 1.54) is 31.9 Å². The van der Waals surface area contributed by atoms with Crippen molar-refractivity contribution in [1.29, 1.82) is 0 Å². The number of carbonyl (C=O) groups is 2. The van der Waals surface area contributed by atoms with E-state index < -0.39 is 17.4 Å². The molecule has 1 aliphatic rings. The molecule has 0 unspecified atom stereocenters. The molecule has 0 radical (unpaired) electrons. The second-order valence-electron chi connectivity index (χ2n) is 6.42. The zero-order valence-corrected chi connectivity index (χ0v) is 16.9. The number of nitrogens with one attached hydrogen (secondary N) is 2. The first-order valence-electron chi connectivity index (χ1n) is 9.36.